The fraction of sp³-hybridized carbons (Fsp3) is 0. The molecule has 2 N–H and O–H groups in total. The average molecular weight is 334 g/mol. The fourth-order valence-electron chi connectivity index (χ4n) is 1.66. The van der Waals surface area contributed by atoms with E-state index in [0.717, 1.165) is 0 Å². The highest BCUT2D eigenvalue weighted by Crippen LogP contribution is 2.30. The predicted octanol–water partition coefficient (Wildman–Crippen LogP) is 3.68. The Kier molecular flexibility index (Phi) is 5.05. The first kappa shape index (κ1) is 15.9. The zero-order valence-electron chi connectivity index (χ0n) is 11.1. The van der Waals surface area contributed by atoms with Crippen molar-refractivity contribution in [3.8, 4) is 11.8 Å². The molecule has 0 saturated carbocycles. The van der Waals surface area contributed by atoms with Gasteiger partial charge in [0, 0.05) is 16.5 Å². The molecule has 0 aromatic heterocycles. The van der Waals surface area contributed by atoms with E-state index in [9.17, 15) is 9.59 Å². The first-order valence-corrected chi connectivity index (χ1v) is 6.83. The average Bonchev–Trinajstić information content (AvgIpc) is 2.48. The van der Waals surface area contributed by atoms with Crippen molar-refractivity contribution in [2.75, 3.05) is 5.32 Å². The van der Waals surface area contributed by atoms with E-state index < -0.39 is 11.9 Å². The van der Waals surface area contributed by atoms with E-state index in [1.165, 1.54) is 12.1 Å². The van der Waals surface area contributed by atoms with Gasteiger partial charge in [0.2, 0.25) is 0 Å². The Bertz CT molecular complexity index is 792. The van der Waals surface area contributed by atoms with E-state index >= 15 is 0 Å². The van der Waals surface area contributed by atoms with Gasteiger partial charge in [-0.3, -0.25) is 4.79 Å². The molecule has 0 bridgehead atoms. The third-order valence-corrected chi connectivity index (χ3v) is 3.13. The Balaban J connectivity index is 2.26. The van der Waals surface area contributed by atoms with Gasteiger partial charge in [0.05, 0.1) is 16.3 Å². The second kappa shape index (κ2) is 6.99. The lowest BCUT2D eigenvalue weighted by Crippen LogP contribution is -2.13. The van der Waals surface area contributed by atoms with E-state index in [0.29, 0.717) is 5.56 Å². The summed E-state index contributed by atoms with van der Waals surface area (Å²) >= 11 is 11.7. The summed E-state index contributed by atoms with van der Waals surface area (Å²) in [6, 6.07) is 11.5. The molecule has 1 amide bonds. The van der Waals surface area contributed by atoms with E-state index in [1.807, 2.05) is 6.07 Å². The van der Waals surface area contributed by atoms with Crippen molar-refractivity contribution in [3.63, 3.8) is 0 Å². The summed E-state index contributed by atoms with van der Waals surface area (Å²) in [5.41, 5.74) is 0.427. The molecular formula is C16H9Cl2NO3. The van der Waals surface area contributed by atoms with E-state index in [-0.39, 0.29) is 21.3 Å². The lowest BCUT2D eigenvalue weighted by atomic mass is 10.1. The fourth-order valence-corrected chi connectivity index (χ4v) is 2.21. The zero-order valence-corrected chi connectivity index (χ0v) is 12.6. The van der Waals surface area contributed by atoms with Crippen LogP contribution < -0.4 is 5.32 Å². The Morgan fingerprint density at radius 1 is 1.09 bits per heavy atom. The normalized spacial score (nSPS) is 9.55. The zero-order chi connectivity index (χ0) is 16.1. The molecule has 0 heterocycles. The SMILES string of the molecule is O=C(C#Cc1ccccc1)Nc1c(Cl)cc(Cl)cc1C(=O)O. The van der Waals surface area contributed by atoms with E-state index in [1.54, 1.807) is 24.3 Å². The summed E-state index contributed by atoms with van der Waals surface area (Å²) in [6.07, 6.45) is 0. The van der Waals surface area contributed by atoms with Gasteiger partial charge in [-0.2, -0.15) is 0 Å². The molecule has 0 spiro atoms. The Morgan fingerprint density at radius 3 is 2.41 bits per heavy atom. The van der Waals surface area contributed by atoms with Gasteiger partial charge in [0.25, 0.3) is 0 Å². The number of aromatic carboxylic acids is 1. The van der Waals surface area contributed by atoms with Gasteiger partial charge in [0.1, 0.15) is 0 Å². The summed E-state index contributed by atoms with van der Waals surface area (Å²) in [7, 11) is 0. The van der Waals surface area contributed by atoms with Gasteiger partial charge in [0.15, 0.2) is 0 Å². The first-order chi connectivity index (χ1) is 10.5. The van der Waals surface area contributed by atoms with Crippen LogP contribution in [0.2, 0.25) is 10.0 Å². The van der Waals surface area contributed by atoms with Crippen LogP contribution in [0.4, 0.5) is 5.69 Å². The number of halogens is 2. The van der Waals surface area contributed by atoms with Crippen molar-refractivity contribution in [3.05, 3.63) is 63.6 Å². The van der Waals surface area contributed by atoms with Crippen LogP contribution in [0.25, 0.3) is 0 Å². The van der Waals surface area contributed by atoms with Crippen LogP contribution in [-0.2, 0) is 4.79 Å². The number of hydrogen-bond acceptors (Lipinski definition) is 2. The molecule has 0 aliphatic carbocycles. The number of benzene rings is 2. The lowest BCUT2D eigenvalue weighted by molar-refractivity contribution is -0.111. The Hall–Kier alpha value is -2.48. The molecule has 4 nitrogen and oxygen atoms in total. The molecule has 0 radical (unpaired) electrons. The number of anilines is 1. The molecule has 0 aliphatic heterocycles. The number of carboxylic acid groups (broad SMARTS) is 1. The van der Waals surface area contributed by atoms with Crippen LogP contribution >= 0.6 is 23.2 Å². The maximum atomic E-state index is 11.8. The minimum Gasteiger partial charge on any atom is -0.478 e. The summed E-state index contributed by atoms with van der Waals surface area (Å²) in [5, 5.41) is 11.7. The molecule has 2 rings (SSSR count). The van der Waals surface area contributed by atoms with E-state index in [2.05, 4.69) is 17.2 Å². The van der Waals surface area contributed by atoms with Crippen molar-refractivity contribution in [1.29, 1.82) is 0 Å². The quantitative estimate of drug-likeness (QED) is 0.824. The maximum Gasteiger partial charge on any atom is 0.337 e. The van der Waals surface area contributed by atoms with E-state index in [4.69, 9.17) is 28.3 Å². The maximum absolute atomic E-state index is 11.8. The predicted molar refractivity (Wildman–Crippen MR) is 85.4 cm³/mol. The highest BCUT2D eigenvalue weighted by atomic mass is 35.5. The van der Waals surface area contributed by atoms with Crippen LogP contribution in [0.1, 0.15) is 15.9 Å². The molecule has 6 heteroatoms. The van der Waals surface area contributed by atoms with Crippen LogP contribution in [0, 0.1) is 11.8 Å². The number of carbonyl (C=O) groups is 2. The summed E-state index contributed by atoms with van der Waals surface area (Å²) in [4.78, 5) is 23.0. The third kappa shape index (κ3) is 4.01. The van der Waals surface area contributed by atoms with Crippen molar-refractivity contribution in [2.24, 2.45) is 0 Å². The summed E-state index contributed by atoms with van der Waals surface area (Å²) < 4.78 is 0. The molecular weight excluding hydrogens is 325 g/mol. The summed E-state index contributed by atoms with van der Waals surface area (Å²) in [6.45, 7) is 0. The van der Waals surface area contributed by atoms with Crippen molar-refractivity contribution < 1.29 is 14.7 Å². The molecule has 0 saturated heterocycles. The highest BCUT2D eigenvalue weighted by molar-refractivity contribution is 6.38. The second-order valence-corrected chi connectivity index (χ2v) is 5.03. The number of rotatable bonds is 2. The molecule has 110 valence electrons. The van der Waals surface area contributed by atoms with Gasteiger partial charge < -0.3 is 10.4 Å². The smallest absolute Gasteiger partial charge is 0.337 e. The van der Waals surface area contributed by atoms with Gasteiger partial charge >= 0.3 is 11.9 Å². The van der Waals surface area contributed by atoms with Crippen LogP contribution in [0.3, 0.4) is 0 Å². The largest absolute Gasteiger partial charge is 0.478 e. The monoisotopic (exact) mass is 333 g/mol. The number of hydrogen-bond donors (Lipinski definition) is 2. The van der Waals surface area contributed by atoms with Crippen molar-refractivity contribution in [2.45, 2.75) is 0 Å². The van der Waals surface area contributed by atoms with Gasteiger partial charge in [-0.1, -0.05) is 47.3 Å². The van der Waals surface area contributed by atoms with Gasteiger partial charge in [-0.25, -0.2) is 4.79 Å². The number of nitrogens with one attached hydrogen (secondary N) is 1. The van der Waals surface area contributed by atoms with Crippen LogP contribution in [0.15, 0.2) is 42.5 Å². The molecule has 2 aromatic carbocycles. The molecule has 0 atom stereocenters. The minimum atomic E-state index is -1.25. The first-order valence-electron chi connectivity index (χ1n) is 6.08. The Morgan fingerprint density at radius 2 is 1.77 bits per heavy atom. The molecule has 22 heavy (non-hydrogen) atoms. The summed E-state index contributed by atoms with van der Waals surface area (Å²) in [5.74, 6) is 3.11. The van der Waals surface area contributed by atoms with Crippen LogP contribution in [0.5, 0.6) is 0 Å². The highest BCUT2D eigenvalue weighted by Gasteiger charge is 2.16. The molecule has 0 fully saturated rings. The number of carboxylic acids is 1. The molecule has 0 aliphatic rings. The van der Waals surface area contributed by atoms with Gasteiger partial charge in [-0.05, 0) is 24.3 Å². The van der Waals surface area contributed by atoms with Crippen molar-refractivity contribution in [1.82, 2.24) is 0 Å². The number of amides is 1. The third-order valence-electron chi connectivity index (χ3n) is 2.62. The van der Waals surface area contributed by atoms with Gasteiger partial charge in [-0.15, -0.1) is 0 Å². The number of carbonyl (C=O) groups excluding carboxylic acids is 1. The topological polar surface area (TPSA) is 66.4 Å². The molecule has 0 unspecified atom stereocenters. The second-order valence-electron chi connectivity index (χ2n) is 4.19. The van der Waals surface area contributed by atoms with Crippen LogP contribution in [-0.4, -0.2) is 17.0 Å². The standard InChI is InChI=1S/C16H9Cl2NO3/c17-11-8-12(16(21)22)15(13(18)9-11)19-14(20)7-6-10-4-2-1-3-5-10/h1-5,8-9H,(H,19,20)(H,21,22). The Labute approximate surface area is 136 Å². The minimum absolute atomic E-state index is 0.0276. The molecule has 2 aromatic rings. The van der Waals surface area contributed by atoms with Crippen molar-refractivity contribution >= 4 is 40.8 Å². The lowest BCUT2D eigenvalue weighted by Gasteiger charge is -2.08.